The first kappa shape index (κ1) is 15.6. The Hall–Kier alpha value is -0.770. The number of halogens is 4. The first-order valence-corrected chi connectivity index (χ1v) is 7.66. The molecule has 0 amide bonds. The second-order valence-corrected chi connectivity index (χ2v) is 6.21. The van der Waals surface area contributed by atoms with Crippen LogP contribution in [0.4, 0.5) is 10.1 Å². The molecule has 2 rings (SSSR count). The molecule has 2 aromatic carbocycles. The van der Waals surface area contributed by atoms with Gasteiger partial charge in [-0.3, -0.25) is 0 Å². The van der Waals surface area contributed by atoms with E-state index < -0.39 is 0 Å². The highest BCUT2D eigenvalue weighted by atomic mass is 79.9. The van der Waals surface area contributed by atoms with Gasteiger partial charge in [0.1, 0.15) is 5.82 Å². The molecule has 1 unspecified atom stereocenters. The molecule has 0 aliphatic rings. The minimum atomic E-state index is -0.223. The predicted octanol–water partition coefficient (Wildman–Crippen LogP) is 5.94. The Morgan fingerprint density at radius 1 is 1.20 bits per heavy atom. The van der Waals surface area contributed by atoms with Crippen molar-refractivity contribution in [2.45, 2.75) is 19.4 Å². The summed E-state index contributed by atoms with van der Waals surface area (Å²) in [6.07, 6.45) is 0.696. The van der Waals surface area contributed by atoms with Crippen molar-refractivity contribution >= 4 is 44.8 Å². The van der Waals surface area contributed by atoms with E-state index in [9.17, 15) is 4.39 Å². The molecule has 1 atom stereocenters. The summed E-state index contributed by atoms with van der Waals surface area (Å²) in [5.41, 5.74) is 1.70. The zero-order valence-electron chi connectivity index (χ0n) is 10.8. The lowest BCUT2D eigenvalue weighted by Crippen LogP contribution is -2.18. The van der Waals surface area contributed by atoms with E-state index >= 15 is 0 Å². The summed E-state index contributed by atoms with van der Waals surface area (Å²) in [5.74, 6) is -0.223. The van der Waals surface area contributed by atoms with Crippen molar-refractivity contribution in [2.75, 3.05) is 5.32 Å². The fourth-order valence-electron chi connectivity index (χ4n) is 1.97. The summed E-state index contributed by atoms with van der Waals surface area (Å²) in [5, 5.41) is 4.25. The Morgan fingerprint density at radius 2 is 1.95 bits per heavy atom. The normalized spacial score (nSPS) is 12.2. The summed E-state index contributed by atoms with van der Waals surface area (Å²) < 4.78 is 13.9. The Kier molecular flexibility index (Phi) is 5.30. The van der Waals surface area contributed by atoms with Gasteiger partial charge in [-0.1, -0.05) is 35.3 Å². The van der Waals surface area contributed by atoms with Gasteiger partial charge in [0.2, 0.25) is 0 Å². The molecule has 0 fully saturated rings. The molecule has 1 nitrogen and oxygen atoms in total. The highest BCUT2D eigenvalue weighted by Crippen LogP contribution is 2.36. The fourth-order valence-corrected chi connectivity index (χ4v) is 2.80. The Balaban J connectivity index is 2.08. The van der Waals surface area contributed by atoms with Gasteiger partial charge >= 0.3 is 0 Å². The highest BCUT2D eigenvalue weighted by molar-refractivity contribution is 9.10. The molecular formula is C15H13BrCl2FN. The average molecular weight is 377 g/mol. The summed E-state index contributed by atoms with van der Waals surface area (Å²) in [4.78, 5) is 0. The molecule has 0 spiro atoms. The number of benzene rings is 2. The van der Waals surface area contributed by atoms with Crippen LogP contribution in [0.25, 0.3) is 0 Å². The molecule has 0 radical (unpaired) electrons. The van der Waals surface area contributed by atoms with Gasteiger partial charge in [-0.15, -0.1) is 0 Å². The molecule has 106 valence electrons. The van der Waals surface area contributed by atoms with Crippen molar-refractivity contribution in [1.29, 1.82) is 0 Å². The highest BCUT2D eigenvalue weighted by Gasteiger charge is 2.11. The summed E-state index contributed by atoms with van der Waals surface area (Å²) >= 11 is 15.6. The van der Waals surface area contributed by atoms with Crippen LogP contribution in [0, 0.1) is 5.82 Å². The Labute approximate surface area is 136 Å². The summed E-state index contributed by atoms with van der Waals surface area (Å²) in [6, 6.07) is 10.4. The molecular weight excluding hydrogens is 364 g/mol. The minimum absolute atomic E-state index is 0.103. The second-order valence-electron chi connectivity index (χ2n) is 4.60. The largest absolute Gasteiger partial charge is 0.381 e. The number of hydrogen-bond donors (Lipinski definition) is 1. The molecule has 2 aromatic rings. The first-order valence-electron chi connectivity index (χ1n) is 6.12. The van der Waals surface area contributed by atoms with E-state index in [0.29, 0.717) is 16.5 Å². The monoisotopic (exact) mass is 375 g/mol. The molecule has 0 aliphatic heterocycles. The summed E-state index contributed by atoms with van der Waals surface area (Å²) in [6.45, 7) is 2.01. The minimum Gasteiger partial charge on any atom is -0.381 e. The third-order valence-corrected chi connectivity index (χ3v) is 4.64. The van der Waals surface area contributed by atoms with E-state index in [1.807, 2.05) is 25.1 Å². The zero-order chi connectivity index (χ0) is 14.7. The van der Waals surface area contributed by atoms with Gasteiger partial charge in [0, 0.05) is 10.5 Å². The maximum absolute atomic E-state index is 13.1. The van der Waals surface area contributed by atoms with Crippen LogP contribution >= 0.6 is 39.1 Å². The van der Waals surface area contributed by atoms with E-state index in [1.54, 1.807) is 6.07 Å². The third kappa shape index (κ3) is 3.87. The molecule has 0 saturated heterocycles. The van der Waals surface area contributed by atoms with Crippen LogP contribution in [0.2, 0.25) is 10.0 Å². The molecule has 1 N–H and O–H groups in total. The lowest BCUT2D eigenvalue weighted by atomic mass is 10.1. The molecule has 0 saturated carbocycles. The first-order chi connectivity index (χ1) is 9.47. The van der Waals surface area contributed by atoms with Crippen LogP contribution < -0.4 is 5.32 Å². The molecule has 20 heavy (non-hydrogen) atoms. The van der Waals surface area contributed by atoms with Crippen LogP contribution in [-0.2, 0) is 6.42 Å². The average Bonchev–Trinajstić information content (AvgIpc) is 2.39. The SMILES string of the molecule is CC(Cc1cccc(F)c1)Nc1ccc(Br)c(Cl)c1Cl. The van der Waals surface area contributed by atoms with E-state index in [-0.39, 0.29) is 11.9 Å². The van der Waals surface area contributed by atoms with Crippen molar-refractivity contribution in [2.24, 2.45) is 0 Å². The summed E-state index contributed by atoms with van der Waals surface area (Å²) in [7, 11) is 0. The molecule has 5 heteroatoms. The van der Waals surface area contributed by atoms with Gasteiger partial charge in [0.25, 0.3) is 0 Å². The van der Waals surface area contributed by atoms with Crippen molar-refractivity contribution in [3.05, 3.63) is 62.3 Å². The van der Waals surface area contributed by atoms with Crippen molar-refractivity contribution in [1.82, 2.24) is 0 Å². The van der Waals surface area contributed by atoms with Gasteiger partial charge in [-0.25, -0.2) is 4.39 Å². The van der Waals surface area contributed by atoms with Crippen LogP contribution in [0.15, 0.2) is 40.9 Å². The number of hydrogen-bond acceptors (Lipinski definition) is 1. The van der Waals surface area contributed by atoms with Gasteiger partial charge in [0.05, 0.1) is 15.7 Å². The maximum atomic E-state index is 13.1. The molecule has 0 aromatic heterocycles. The number of nitrogens with one attached hydrogen (secondary N) is 1. The lowest BCUT2D eigenvalue weighted by Gasteiger charge is -2.17. The standard InChI is InChI=1S/C15H13BrCl2FN/c1-9(7-10-3-2-4-11(19)8-10)20-13-6-5-12(16)14(17)15(13)18/h2-6,8-9,20H,7H2,1H3. The quantitative estimate of drug-likeness (QED) is 0.651. The molecule has 0 heterocycles. The topological polar surface area (TPSA) is 12.0 Å². The third-order valence-electron chi connectivity index (χ3n) is 2.87. The molecule has 0 bridgehead atoms. The van der Waals surface area contributed by atoms with E-state index in [2.05, 4.69) is 21.2 Å². The van der Waals surface area contributed by atoms with Crippen LogP contribution in [-0.4, -0.2) is 6.04 Å². The van der Waals surface area contributed by atoms with E-state index in [0.717, 1.165) is 15.7 Å². The van der Waals surface area contributed by atoms with Crippen molar-refractivity contribution in [3.63, 3.8) is 0 Å². The maximum Gasteiger partial charge on any atom is 0.123 e. The Bertz CT molecular complexity index is 619. The lowest BCUT2D eigenvalue weighted by molar-refractivity contribution is 0.624. The Morgan fingerprint density at radius 3 is 2.65 bits per heavy atom. The second kappa shape index (κ2) is 6.79. The van der Waals surface area contributed by atoms with Gasteiger partial charge in [-0.05, 0) is 59.1 Å². The van der Waals surface area contributed by atoms with Crippen molar-refractivity contribution < 1.29 is 4.39 Å². The predicted molar refractivity (Wildman–Crippen MR) is 87.4 cm³/mol. The van der Waals surface area contributed by atoms with E-state index in [1.165, 1.54) is 12.1 Å². The molecule has 0 aliphatic carbocycles. The fraction of sp³-hybridized carbons (Fsp3) is 0.200. The van der Waals surface area contributed by atoms with Gasteiger partial charge in [-0.2, -0.15) is 0 Å². The van der Waals surface area contributed by atoms with Crippen LogP contribution in [0.5, 0.6) is 0 Å². The van der Waals surface area contributed by atoms with Gasteiger partial charge < -0.3 is 5.32 Å². The number of anilines is 1. The van der Waals surface area contributed by atoms with Crippen LogP contribution in [0.1, 0.15) is 12.5 Å². The number of rotatable bonds is 4. The van der Waals surface area contributed by atoms with Gasteiger partial charge in [0.15, 0.2) is 0 Å². The zero-order valence-corrected chi connectivity index (χ0v) is 13.9. The van der Waals surface area contributed by atoms with Crippen LogP contribution in [0.3, 0.4) is 0 Å². The van der Waals surface area contributed by atoms with E-state index in [4.69, 9.17) is 23.2 Å². The van der Waals surface area contributed by atoms with Crippen molar-refractivity contribution in [3.8, 4) is 0 Å². The smallest absolute Gasteiger partial charge is 0.123 e.